The molecule has 0 aliphatic carbocycles. The molecule has 0 radical (unpaired) electrons. The predicted molar refractivity (Wildman–Crippen MR) is 91.8 cm³/mol. The number of hydrogen-bond donors (Lipinski definition) is 3. The van der Waals surface area contributed by atoms with Gasteiger partial charge in [-0.2, -0.15) is 13.2 Å². The highest BCUT2D eigenvalue weighted by Gasteiger charge is 2.34. The average molecular weight is 405 g/mol. The molecule has 7 nitrogen and oxygen atoms in total. The van der Waals surface area contributed by atoms with Crippen LogP contribution in [0.5, 0.6) is 0 Å². The number of hydrazine groups is 1. The van der Waals surface area contributed by atoms with Gasteiger partial charge in [-0.1, -0.05) is 0 Å². The quantitative estimate of drug-likeness (QED) is 0.657. The van der Waals surface area contributed by atoms with Gasteiger partial charge in [-0.05, 0) is 39.0 Å². The number of rotatable bonds is 2. The van der Waals surface area contributed by atoms with Crippen molar-refractivity contribution in [3.63, 3.8) is 0 Å². The van der Waals surface area contributed by atoms with E-state index in [2.05, 4.69) is 16.2 Å². The first-order valence-electron chi connectivity index (χ1n) is 7.82. The van der Waals surface area contributed by atoms with Gasteiger partial charge in [0, 0.05) is 11.3 Å². The molecule has 1 aromatic carbocycles. The molecule has 0 bridgehead atoms. The lowest BCUT2D eigenvalue weighted by Crippen LogP contribution is -2.46. The van der Waals surface area contributed by atoms with Crippen molar-refractivity contribution < 1.29 is 32.3 Å². The van der Waals surface area contributed by atoms with Crippen LogP contribution in [0, 0.1) is 0 Å². The summed E-state index contributed by atoms with van der Waals surface area (Å²) in [5.74, 6) is -1.25. The molecule has 0 saturated carbocycles. The first-order chi connectivity index (χ1) is 12.3. The van der Waals surface area contributed by atoms with Crippen molar-refractivity contribution >= 4 is 35.4 Å². The third-order valence-electron chi connectivity index (χ3n) is 3.20. The molecule has 0 fully saturated rings. The highest BCUT2D eigenvalue weighted by atomic mass is 32.2. The van der Waals surface area contributed by atoms with E-state index < -0.39 is 40.5 Å². The molecule has 0 saturated heterocycles. The summed E-state index contributed by atoms with van der Waals surface area (Å²) in [7, 11) is 0. The maximum atomic E-state index is 12.7. The van der Waals surface area contributed by atoms with Gasteiger partial charge in [0.05, 0.1) is 16.5 Å². The van der Waals surface area contributed by atoms with E-state index in [9.17, 15) is 27.6 Å². The molecule has 27 heavy (non-hydrogen) atoms. The molecule has 0 spiro atoms. The van der Waals surface area contributed by atoms with Gasteiger partial charge in [0.1, 0.15) is 5.60 Å². The second kappa shape index (κ2) is 7.67. The van der Waals surface area contributed by atoms with Crippen molar-refractivity contribution in [3.8, 4) is 0 Å². The van der Waals surface area contributed by atoms with Crippen LogP contribution >= 0.6 is 11.8 Å². The fraction of sp³-hybridized carbons (Fsp3) is 0.438. The SMILES string of the molecule is CC(C)(C)OC(=O)NNC(=O)C[C@@H]1Sc2ccc(C(F)(F)F)cc2NC1=O. The maximum absolute atomic E-state index is 12.7. The van der Waals surface area contributed by atoms with Crippen LogP contribution in [0.25, 0.3) is 0 Å². The Kier molecular flexibility index (Phi) is 5.93. The third-order valence-corrected chi connectivity index (χ3v) is 4.48. The fourth-order valence-electron chi connectivity index (χ4n) is 2.10. The lowest BCUT2D eigenvalue weighted by Gasteiger charge is -2.24. The maximum Gasteiger partial charge on any atom is 0.426 e. The minimum Gasteiger partial charge on any atom is -0.443 e. The summed E-state index contributed by atoms with van der Waals surface area (Å²) in [6.07, 6.45) is -5.66. The average Bonchev–Trinajstić information content (AvgIpc) is 2.50. The number of carbonyl (C=O) groups is 3. The molecule has 3 amide bonds. The van der Waals surface area contributed by atoms with Crippen LogP contribution in [-0.4, -0.2) is 28.8 Å². The van der Waals surface area contributed by atoms with E-state index >= 15 is 0 Å². The van der Waals surface area contributed by atoms with Crippen LogP contribution in [0.15, 0.2) is 23.1 Å². The van der Waals surface area contributed by atoms with Crippen LogP contribution in [-0.2, 0) is 20.5 Å². The summed E-state index contributed by atoms with van der Waals surface area (Å²) in [5, 5.41) is 1.52. The summed E-state index contributed by atoms with van der Waals surface area (Å²) in [5.41, 5.74) is 2.61. The van der Waals surface area contributed by atoms with Gasteiger partial charge in [-0.25, -0.2) is 10.2 Å². The Bertz CT molecular complexity index is 762. The zero-order chi connectivity index (χ0) is 20.4. The molecule has 1 heterocycles. The Labute approximate surface area is 157 Å². The molecular weight excluding hydrogens is 387 g/mol. The minimum absolute atomic E-state index is 0.0448. The minimum atomic E-state index is -4.52. The number of fused-ring (bicyclic) bond motifs is 1. The Morgan fingerprint density at radius 2 is 1.89 bits per heavy atom. The van der Waals surface area contributed by atoms with Crippen LogP contribution in [0.3, 0.4) is 0 Å². The zero-order valence-electron chi connectivity index (χ0n) is 14.7. The van der Waals surface area contributed by atoms with Crippen LogP contribution in [0.2, 0.25) is 0 Å². The first-order valence-corrected chi connectivity index (χ1v) is 8.70. The molecular formula is C16H18F3N3O4S. The number of benzene rings is 1. The van der Waals surface area contributed by atoms with Crippen LogP contribution < -0.4 is 16.2 Å². The Balaban J connectivity index is 1.94. The van der Waals surface area contributed by atoms with Gasteiger partial charge in [0.25, 0.3) is 0 Å². The molecule has 0 aromatic heterocycles. The van der Waals surface area contributed by atoms with Crippen molar-refractivity contribution in [3.05, 3.63) is 23.8 Å². The summed E-state index contributed by atoms with van der Waals surface area (Å²) >= 11 is 0.973. The van der Waals surface area contributed by atoms with E-state index in [0.29, 0.717) is 4.90 Å². The van der Waals surface area contributed by atoms with E-state index in [1.165, 1.54) is 6.07 Å². The number of amides is 3. The summed E-state index contributed by atoms with van der Waals surface area (Å²) in [6, 6.07) is 3.00. The topological polar surface area (TPSA) is 96.5 Å². The third kappa shape index (κ3) is 6.05. The van der Waals surface area contributed by atoms with Gasteiger partial charge < -0.3 is 10.1 Å². The number of thioether (sulfide) groups is 1. The van der Waals surface area contributed by atoms with E-state index in [1.807, 2.05) is 0 Å². The Morgan fingerprint density at radius 3 is 2.48 bits per heavy atom. The van der Waals surface area contributed by atoms with Gasteiger partial charge in [-0.15, -0.1) is 11.8 Å². The highest BCUT2D eigenvalue weighted by molar-refractivity contribution is 8.01. The molecule has 148 valence electrons. The van der Waals surface area contributed by atoms with E-state index in [-0.39, 0.29) is 12.1 Å². The van der Waals surface area contributed by atoms with Crippen molar-refractivity contribution in [1.29, 1.82) is 0 Å². The zero-order valence-corrected chi connectivity index (χ0v) is 15.5. The molecule has 1 aliphatic rings. The number of alkyl halides is 3. The number of ether oxygens (including phenoxy) is 1. The van der Waals surface area contributed by atoms with Crippen LogP contribution in [0.4, 0.5) is 23.7 Å². The predicted octanol–water partition coefficient (Wildman–Crippen LogP) is 3.06. The molecule has 3 N–H and O–H groups in total. The largest absolute Gasteiger partial charge is 0.443 e. The smallest absolute Gasteiger partial charge is 0.426 e. The summed E-state index contributed by atoms with van der Waals surface area (Å²) in [6.45, 7) is 4.96. The molecule has 1 atom stereocenters. The summed E-state index contributed by atoms with van der Waals surface area (Å²) in [4.78, 5) is 35.9. The number of nitrogens with one attached hydrogen (secondary N) is 3. The van der Waals surface area contributed by atoms with Crippen molar-refractivity contribution in [2.75, 3.05) is 5.32 Å². The first kappa shape index (κ1) is 20.9. The molecule has 0 unspecified atom stereocenters. The van der Waals surface area contributed by atoms with E-state index in [0.717, 1.165) is 23.9 Å². The van der Waals surface area contributed by atoms with Gasteiger partial charge in [0.2, 0.25) is 11.8 Å². The Hall–Kier alpha value is -2.43. The number of anilines is 1. The molecule has 1 aliphatic heterocycles. The molecule has 1 aromatic rings. The second-order valence-corrected chi connectivity index (χ2v) is 7.93. The van der Waals surface area contributed by atoms with Gasteiger partial charge in [-0.3, -0.25) is 15.0 Å². The number of hydrogen-bond acceptors (Lipinski definition) is 5. The van der Waals surface area contributed by atoms with Crippen LogP contribution in [0.1, 0.15) is 32.8 Å². The van der Waals surface area contributed by atoms with Crippen molar-refractivity contribution in [1.82, 2.24) is 10.9 Å². The number of carbonyl (C=O) groups excluding carboxylic acids is 3. The normalized spacial score (nSPS) is 16.8. The van der Waals surface area contributed by atoms with Crippen molar-refractivity contribution in [2.45, 2.75) is 49.1 Å². The number of halogens is 3. The van der Waals surface area contributed by atoms with E-state index in [1.54, 1.807) is 20.8 Å². The molecule has 11 heteroatoms. The van der Waals surface area contributed by atoms with Gasteiger partial charge in [0.15, 0.2) is 0 Å². The highest BCUT2D eigenvalue weighted by Crippen LogP contribution is 2.40. The second-order valence-electron chi connectivity index (χ2n) is 6.68. The Morgan fingerprint density at radius 1 is 1.22 bits per heavy atom. The molecule has 2 rings (SSSR count). The lowest BCUT2D eigenvalue weighted by atomic mass is 10.1. The fourth-order valence-corrected chi connectivity index (χ4v) is 3.20. The van der Waals surface area contributed by atoms with E-state index in [4.69, 9.17) is 4.74 Å². The van der Waals surface area contributed by atoms with Gasteiger partial charge >= 0.3 is 12.3 Å². The standard InChI is InChI=1S/C16H18F3N3O4S/c1-15(2,3)26-14(25)22-21-12(23)7-11-13(24)20-9-6-8(16(17,18)19)4-5-10(9)27-11/h4-6,11H,7H2,1-3H3,(H,20,24)(H,21,23)(H,22,25)/t11-/m0/s1. The lowest BCUT2D eigenvalue weighted by molar-refractivity contribution is -0.137. The van der Waals surface area contributed by atoms with Crippen molar-refractivity contribution in [2.24, 2.45) is 0 Å². The monoisotopic (exact) mass is 405 g/mol. The summed E-state index contributed by atoms with van der Waals surface area (Å²) < 4.78 is 43.2.